The van der Waals surface area contributed by atoms with Gasteiger partial charge in [-0.05, 0) is 37.5 Å². The molecule has 0 aromatic heterocycles. The van der Waals surface area contributed by atoms with Gasteiger partial charge in [0, 0.05) is 28.9 Å². The van der Waals surface area contributed by atoms with E-state index in [4.69, 9.17) is 22.7 Å². The van der Waals surface area contributed by atoms with Crippen LogP contribution in [0.4, 0.5) is 5.69 Å². The van der Waals surface area contributed by atoms with E-state index >= 15 is 0 Å². The lowest BCUT2D eigenvalue weighted by molar-refractivity contribution is 0.645. The molecular formula is C13H18ClN3. The second kappa shape index (κ2) is 4.96. The SMILES string of the molecule is CCC1CCCN1c1ccc(Cl)cc1C(=N)N. The van der Waals surface area contributed by atoms with Crippen molar-refractivity contribution in [2.45, 2.75) is 32.2 Å². The molecule has 3 nitrogen and oxygen atoms in total. The van der Waals surface area contributed by atoms with Crippen molar-refractivity contribution in [3.8, 4) is 0 Å². The number of benzene rings is 1. The first-order valence-corrected chi connectivity index (χ1v) is 6.42. The van der Waals surface area contributed by atoms with Gasteiger partial charge in [-0.25, -0.2) is 0 Å². The second-order valence-corrected chi connectivity index (χ2v) is 4.91. The molecule has 1 saturated heterocycles. The summed E-state index contributed by atoms with van der Waals surface area (Å²) in [7, 11) is 0. The topological polar surface area (TPSA) is 53.1 Å². The molecule has 0 amide bonds. The number of nitrogen functional groups attached to an aromatic ring is 1. The summed E-state index contributed by atoms with van der Waals surface area (Å²) in [4.78, 5) is 2.35. The van der Waals surface area contributed by atoms with Gasteiger partial charge in [-0.1, -0.05) is 18.5 Å². The highest BCUT2D eigenvalue weighted by atomic mass is 35.5. The Morgan fingerprint density at radius 3 is 3.00 bits per heavy atom. The summed E-state index contributed by atoms with van der Waals surface area (Å²) >= 11 is 5.97. The molecule has 0 saturated carbocycles. The number of hydrogen-bond acceptors (Lipinski definition) is 2. The number of halogens is 1. The van der Waals surface area contributed by atoms with Gasteiger partial charge in [0.15, 0.2) is 0 Å². The Bertz CT molecular complexity index is 431. The standard InChI is InChI=1S/C13H18ClN3/c1-2-10-4-3-7-17(10)12-6-5-9(14)8-11(12)13(15)16/h5-6,8,10H,2-4,7H2,1H3,(H3,15,16). The normalized spacial score (nSPS) is 19.6. The summed E-state index contributed by atoms with van der Waals surface area (Å²) in [5.41, 5.74) is 7.43. The predicted octanol–water partition coefficient (Wildman–Crippen LogP) is 3.00. The third kappa shape index (κ3) is 2.39. The van der Waals surface area contributed by atoms with Gasteiger partial charge in [-0.15, -0.1) is 0 Å². The summed E-state index contributed by atoms with van der Waals surface area (Å²) in [6.07, 6.45) is 3.55. The maximum atomic E-state index is 7.65. The third-order valence-electron chi connectivity index (χ3n) is 3.41. The van der Waals surface area contributed by atoms with Crippen LogP contribution in [0.3, 0.4) is 0 Å². The Hall–Kier alpha value is -1.22. The maximum Gasteiger partial charge on any atom is 0.124 e. The zero-order valence-corrected chi connectivity index (χ0v) is 10.8. The van der Waals surface area contributed by atoms with Gasteiger partial charge in [-0.2, -0.15) is 0 Å². The van der Waals surface area contributed by atoms with Gasteiger partial charge in [0.2, 0.25) is 0 Å². The van der Waals surface area contributed by atoms with Crippen molar-refractivity contribution in [3.05, 3.63) is 28.8 Å². The van der Waals surface area contributed by atoms with Crippen LogP contribution < -0.4 is 10.6 Å². The molecule has 0 bridgehead atoms. The Morgan fingerprint density at radius 2 is 2.35 bits per heavy atom. The van der Waals surface area contributed by atoms with E-state index in [0.717, 1.165) is 24.2 Å². The van der Waals surface area contributed by atoms with E-state index in [0.29, 0.717) is 11.1 Å². The van der Waals surface area contributed by atoms with Crippen LogP contribution in [0.5, 0.6) is 0 Å². The number of amidine groups is 1. The molecule has 0 radical (unpaired) electrons. The molecule has 1 fully saturated rings. The van der Waals surface area contributed by atoms with Gasteiger partial charge in [0.05, 0.1) is 0 Å². The average molecular weight is 252 g/mol. The minimum absolute atomic E-state index is 0.0873. The largest absolute Gasteiger partial charge is 0.384 e. The van der Waals surface area contributed by atoms with E-state index in [1.54, 1.807) is 6.07 Å². The first kappa shape index (κ1) is 12.2. The van der Waals surface area contributed by atoms with Gasteiger partial charge in [0.1, 0.15) is 5.84 Å². The fraction of sp³-hybridized carbons (Fsp3) is 0.462. The minimum atomic E-state index is 0.0873. The summed E-state index contributed by atoms with van der Waals surface area (Å²) in [5, 5.41) is 8.28. The molecule has 1 aliphatic heterocycles. The molecule has 17 heavy (non-hydrogen) atoms. The van der Waals surface area contributed by atoms with E-state index in [1.807, 2.05) is 12.1 Å². The molecule has 1 atom stereocenters. The Kier molecular flexibility index (Phi) is 3.57. The number of nitrogens with zero attached hydrogens (tertiary/aromatic N) is 1. The van der Waals surface area contributed by atoms with E-state index < -0.39 is 0 Å². The summed E-state index contributed by atoms with van der Waals surface area (Å²) in [5.74, 6) is 0.0873. The van der Waals surface area contributed by atoms with Crippen LogP contribution in [-0.2, 0) is 0 Å². The molecule has 1 heterocycles. The summed E-state index contributed by atoms with van der Waals surface area (Å²) < 4.78 is 0. The van der Waals surface area contributed by atoms with Crippen molar-refractivity contribution >= 4 is 23.1 Å². The highest BCUT2D eigenvalue weighted by molar-refractivity contribution is 6.31. The van der Waals surface area contributed by atoms with Crippen LogP contribution in [0.15, 0.2) is 18.2 Å². The molecule has 1 aliphatic rings. The van der Waals surface area contributed by atoms with Crippen molar-refractivity contribution in [2.24, 2.45) is 5.73 Å². The lowest BCUT2D eigenvalue weighted by atomic mass is 10.1. The van der Waals surface area contributed by atoms with Crippen LogP contribution in [0.1, 0.15) is 31.7 Å². The van der Waals surface area contributed by atoms with Crippen molar-refractivity contribution in [3.63, 3.8) is 0 Å². The zero-order chi connectivity index (χ0) is 12.4. The van der Waals surface area contributed by atoms with Crippen molar-refractivity contribution < 1.29 is 0 Å². The average Bonchev–Trinajstić information content (AvgIpc) is 2.76. The first-order valence-electron chi connectivity index (χ1n) is 6.04. The van der Waals surface area contributed by atoms with Crippen molar-refractivity contribution in [1.29, 1.82) is 5.41 Å². The third-order valence-corrected chi connectivity index (χ3v) is 3.64. The highest BCUT2D eigenvalue weighted by Crippen LogP contribution is 2.31. The van der Waals surface area contributed by atoms with Crippen LogP contribution in [0, 0.1) is 5.41 Å². The van der Waals surface area contributed by atoms with E-state index in [1.165, 1.54) is 12.8 Å². The van der Waals surface area contributed by atoms with Crippen LogP contribution in [0.25, 0.3) is 0 Å². The van der Waals surface area contributed by atoms with E-state index in [-0.39, 0.29) is 5.84 Å². The first-order chi connectivity index (χ1) is 8.13. The predicted molar refractivity (Wildman–Crippen MR) is 73.1 cm³/mol. The molecule has 1 unspecified atom stereocenters. The number of nitrogens with one attached hydrogen (secondary N) is 1. The fourth-order valence-corrected chi connectivity index (χ4v) is 2.72. The fourth-order valence-electron chi connectivity index (χ4n) is 2.55. The minimum Gasteiger partial charge on any atom is -0.384 e. The van der Waals surface area contributed by atoms with Crippen LogP contribution in [0.2, 0.25) is 5.02 Å². The smallest absolute Gasteiger partial charge is 0.124 e. The Morgan fingerprint density at radius 1 is 1.59 bits per heavy atom. The number of nitrogens with two attached hydrogens (primary N) is 1. The van der Waals surface area contributed by atoms with Crippen LogP contribution >= 0.6 is 11.6 Å². The molecule has 3 N–H and O–H groups in total. The molecule has 4 heteroatoms. The lowest BCUT2D eigenvalue weighted by Gasteiger charge is -2.28. The lowest BCUT2D eigenvalue weighted by Crippen LogP contribution is -2.30. The molecule has 0 aliphatic carbocycles. The van der Waals surface area contributed by atoms with Gasteiger partial charge >= 0.3 is 0 Å². The number of anilines is 1. The van der Waals surface area contributed by atoms with Gasteiger partial charge < -0.3 is 10.6 Å². The number of hydrogen-bond donors (Lipinski definition) is 2. The maximum absolute atomic E-state index is 7.65. The van der Waals surface area contributed by atoms with Crippen LogP contribution in [-0.4, -0.2) is 18.4 Å². The van der Waals surface area contributed by atoms with Gasteiger partial charge in [-0.3, -0.25) is 5.41 Å². The van der Waals surface area contributed by atoms with E-state index in [2.05, 4.69) is 11.8 Å². The van der Waals surface area contributed by atoms with Crippen molar-refractivity contribution in [2.75, 3.05) is 11.4 Å². The summed E-state index contributed by atoms with van der Waals surface area (Å²) in [6.45, 7) is 3.24. The Balaban J connectivity index is 2.40. The second-order valence-electron chi connectivity index (χ2n) is 4.47. The Labute approximate surface area is 107 Å². The highest BCUT2D eigenvalue weighted by Gasteiger charge is 2.25. The zero-order valence-electron chi connectivity index (χ0n) is 10.0. The molecule has 1 aromatic rings. The molecule has 92 valence electrons. The molecule has 2 rings (SSSR count). The molecule has 0 spiro atoms. The molecular weight excluding hydrogens is 234 g/mol. The monoisotopic (exact) mass is 251 g/mol. The quantitative estimate of drug-likeness (QED) is 0.641. The summed E-state index contributed by atoms with van der Waals surface area (Å²) in [6, 6.07) is 6.19. The van der Waals surface area contributed by atoms with Crippen molar-refractivity contribution in [1.82, 2.24) is 0 Å². The molecule has 1 aromatic carbocycles. The van der Waals surface area contributed by atoms with Gasteiger partial charge in [0.25, 0.3) is 0 Å². The number of rotatable bonds is 3. The van der Waals surface area contributed by atoms with E-state index in [9.17, 15) is 0 Å².